The number of ketones is 2. The lowest BCUT2D eigenvalue weighted by molar-refractivity contribution is -0.119. The fourth-order valence-corrected chi connectivity index (χ4v) is 6.51. The van der Waals surface area contributed by atoms with Gasteiger partial charge in [-0.15, -0.1) is 11.8 Å². The van der Waals surface area contributed by atoms with E-state index < -0.39 is 0 Å². The van der Waals surface area contributed by atoms with Gasteiger partial charge < -0.3 is 4.90 Å². The van der Waals surface area contributed by atoms with Gasteiger partial charge in [-0.1, -0.05) is 57.5 Å². The standard InChI is InChI=1S/C31H35NO2S/c1-19-7-11-21(12-8-19)32-23-15-30(2,3)17-25(33)28(23)27(20-9-13-22(35-6)14-10-20)29-24(32)16-31(4,5)18-26(29)34/h7-14,27H,15-18H2,1-6H3. The lowest BCUT2D eigenvalue weighted by Gasteiger charge is -2.49. The first-order valence-corrected chi connectivity index (χ1v) is 13.8. The molecule has 0 radical (unpaired) electrons. The van der Waals surface area contributed by atoms with Gasteiger partial charge >= 0.3 is 0 Å². The first-order chi connectivity index (χ1) is 16.5. The minimum Gasteiger partial charge on any atom is -0.317 e. The van der Waals surface area contributed by atoms with Gasteiger partial charge in [-0.2, -0.15) is 0 Å². The summed E-state index contributed by atoms with van der Waals surface area (Å²) in [6.07, 6.45) is 4.71. The molecule has 35 heavy (non-hydrogen) atoms. The molecule has 2 aliphatic carbocycles. The molecule has 0 saturated heterocycles. The third-order valence-electron chi connectivity index (χ3n) is 7.65. The minimum atomic E-state index is -0.287. The number of benzene rings is 2. The van der Waals surface area contributed by atoms with Crippen LogP contribution in [0.15, 0.2) is 76.0 Å². The van der Waals surface area contributed by atoms with Gasteiger partial charge in [0, 0.05) is 51.9 Å². The normalized spacial score (nSPS) is 21.8. The van der Waals surface area contributed by atoms with Crippen LogP contribution < -0.4 is 4.90 Å². The fourth-order valence-electron chi connectivity index (χ4n) is 6.10. The number of thioether (sulfide) groups is 1. The van der Waals surface area contributed by atoms with Crippen LogP contribution in [-0.2, 0) is 9.59 Å². The van der Waals surface area contributed by atoms with Gasteiger partial charge in [0.1, 0.15) is 0 Å². The molecule has 2 aromatic carbocycles. The number of allylic oxidation sites excluding steroid dienone is 4. The topological polar surface area (TPSA) is 37.4 Å². The van der Waals surface area contributed by atoms with E-state index in [2.05, 4.69) is 94.3 Å². The summed E-state index contributed by atoms with van der Waals surface area (Å²) in [7, 11) is 0. The van der Waals surface area contributed by atoms with Crippen LogP contribution in [0, 0.1) is 17.8 Å². The summed E-state index contributed by atoms with van der Waals surface area (Å²) in [5.41, 5.74) is 6.85. The summed E-state index contributed by atoms with van der Waals surface area (Å²) < 4.78 is 0. The van der Waals surface area contributed by atoms with Crippen LogP contribution in [0.1, 0.15) is 70.4 Å². The highest BCUT2D eigenvalue weighted by molar-refractivity contribution is 7.98. The number of hydrogen-bond donors (Lipinski definition) is 0. The van der Waals surface area contributed by atoms with Crippen LogP contribution in [-0.4, -0.2) is 17.8 Å². The van der Waals surface area contributed by atoms with Crippen LogP contribution in [0.3, 0.4) is 0 Å². The molecule has 0 N–H and O–H groups in total. The Morgan fingerprint density at radius 3 is 1.69 bits per heavy atom. The molecule has 2 aromatic rings. The first-order valence-electron chi connectivity index (χ1n) is 12.5. The zero-order valence-electron chi connectivity index (χ0n) is 21.7. The average molecular weight is 486 g/mol. The third kappa shape index (κ3) is 4.31. The van der Waals surface area contributed by atoms with Crippen molar-refractivity contribution in [3.63, 3.8) is 0 Å². The Balaban J connectivity index is 1.80. The van der Waals surface area contributed by atoms with Crippen molar-refractivity contribution in [3.8, 4) is 0 Å². The van der Waals surface area contributed by atoms with Crippen molar-refractivity contribution in [1.82, 2.24) is 0 Å². The molecule has 1 aliphatic heterocycles. The Hall–Kier alpha value is -2.59. The van der Waals surface area contributed by atoms with Gasteiger partial charge in [-0.05, 0) is 66.7 Å². The molecule has 0 amide bonds. The van der Waals surface area contributed by atoms with Crippen molar-refractivity contribution in [2.45, 2.75) is 71.1 Å². The second kappa shape index (κ2) is 8.51. The zero-order chi connectivity index (χ0) is 25.1. The summed E-state index contributed by atoms with van der Waals surface area (Å²) in [5.74, 6) is 0.0674. The summed E-state index contributed by atoms with van der Waals surface area (Å²) in [5, 5.41) is 0. The van der Waals surface area contributed by atoms with Crippen LogP contribution in [0.5, 0.6) is 0 Å². The van der Waals surface area contributed by atoms with Crippen molar-refractivity contribution in [2.75, 3.05) is 11.2 Å². The van der Waals surface area contributed by atoms with E-state index in [1.54, 1.807) is 11.8 Å². The van der Waals surface area contributed by atoms with Crippen LogP contribution >= 0.6 is 11.8 Å². The summed E-state index contributed by atoms with van der Waals surface area (Å²) >= 11 is 1.70. The highest BCUT2D eigenvalue weighted by Gasteiger charge is 2.49. The Morgan fingerprint density at radius 2 is 1.23 bits per heavy atom. The van der Waals surface area contributed by atoms with Gasteiger partial charge in [0.2, 0.25) is 0 Å². The van der Waals surface area contributed by atoms with E-state index in [1.165, 1.54) is 10.5 Å². The monoisotopic (exact) mass is 485 g/mol. The number of nitrogens with zero attached hydrogens (tertiary/aromatic N) is 1. The van der Waals surface area contributed by atoms with Gasteiger partial charge in [-0.25, -0.2) is 0 Å². The maximum absolute atomic E-state index is 13.9. The van der Waals surface area contributed by atoms with Gasteiger partial charge in [0.25, 0.3) is 0 Å². The Morgan fingerprint density at radius 1 is 0.743 bits per heavy atom. The van der Waals surface area contributed by atoms with Crippen LogP contribution in [0.25, 0.3) is 0 Å². The molecular formula is C31H35NO2S. The Bertz CT molecular complexity index is 1210. The van der Waals surface area contributed by atoms with Crippen molar-refractivity contribution < 1.29 is 9.59 Å². The predicted molar refractivity (Wildman–Crippen MR) is 145 cm³/mol. The maximum atomic E-state index is 13.9. The van der Waals surface area contributed by atoms with E-state index in [4.69, 9.17) is 0 Å². The molecule has 182 valence electrons. The molecule has 0 fully saturated rings. The molecule has 0 spiro atoms. The minimum absolute atomic E-state index is 0.127. The lowest BCUT2D eigenvalue weighted by atomic mass is 9.63. The highest BCUT2D eigenvalue weighted by Crippen LogP contribution is 2.55. The SMILES string of the molecule is CSc1ccc(C2C3=C(CC(C)(C)CC3=O)N(c3ccc(C)cc3)C3=C2C(=O)CC(C)(C)C3)cc1. The molecule has 5 rings (SSSR count). The van der Waals surface area contributed by atoms with E-state index >= 15 is 0 Å². The number of carbonyl (C=O) groups excluding carboxylic acids is 2. The number of anilines is 1. The number of Topliss-reactive ketones (excluding diaryl/α,β-unsaturated/α-hetero) is 2. The Labute approximate surface area is 213 Å². The maximum Gasteiger partial charge on any atom is 0.162 e. The number of rotatable bonds is 3. The molecule has 3 nitrogen and oxygen atoms in total. The second-order valence-corrected chi connectivity index (χ2v) is 12.9. The lowest BCUT2D eigenvalue weighted by Crippen LogP contribution is -2.44. The predicted octanol–water partition coefficient (Wildman–Crippen LogP) is 7.61. The van der Waals surface area contributed by atoms with E-state index in [1.807, 2.05) is 0 Å². The molecule has 0 unspecified atom stereocenters. The van der Waals surface area contributed by atoms with Crippen LogP contribution in [0.4, 0.5) is 5.69 Å². The Kier molecular flexibility index (Phi) is 5.87. The second-order valence-electron chi connectivity index (χ2n) is 12.0. The molecular weight excluding hydrogens is 450 g/mol. The third-order valence-corrected chi connectivity index (χ3v) is 8.39. The van der Waals surface area contributed by atoms with Crippen molar-refractivity contribution >= 4 is 29.0 Å². The van der Waals surface area contributed by atoms with Crippen molar-refractivity contribution in [2.24, 2.45) is 10.8 Å². The number of aryl methyl sites for hydroxylation is 1. The molecule has 0 atom stereocenters. The zero-order valence-corrected chi connectivity index (χ0v) is 22.5. The van der Waals surface area contributed by atoms with E-state index in [-0.39, 0.29) is 28.3 Å². The van der Waals surface area contributed by atoms with Crippen molar-refractivity contribution in [3.05, 3.63) is 82.2 Å². The number of hydrogen-bond acceptors (Lipinski definition) is 4. The van der Waals surface area contributed by atoms with E-state index in [0.29, 0.717) is 12.8 Å². The van der Waals surface area contributed by atoms with Gasteiger partial charge in [0.05, 0.1) is 0 Å². The molecule has 0 saturated carbocycles. The quantitative estimate of drug-likeness (QED) is 0.419. The molecule has 4 heteroatoms. The first kappa shape index (κ1) is 24.1. The van der Waals surface area contributed by atoms with Gasteiger partial charge in [-0.3, -0.25) is 9.59 Å². The summed E-state index contributed by atoms with van der Waals surface area (Å²) in [6.45, 7) is 10.8. The van der Waals surface area contributed by atoms with Crippen molar-refractivity contribution in [1.29, 1.82) is 0 Å². The van der Waals surface area contributed by atoms with Crippen LogP contribution in [0.2, 0.25) is 0 Å². The molecule has 0 aromatic heterocycles. The molecule has 1 heterocycles. The van der Waals surface area contributed by atoms with E-state index in [9.17, 15) is 9.59 Å². The summed E-state index contributed by atoms with van der Waals surface area (Å²) in [6, 6.07) is 17.0. The molecule has 3 aliphatic rings. The van der Waals surface area contributed by atoms with E-state index in [0.717, 1.165) is 46.6 Å². The summed E-state index contributed by atoms with van der Waals surface area (Å²) in [4.78, 5) is 31.2. The average Bonchev–Trinajstić information content (AvgIpc) is 2.77. The fraction of sp³-hybridized carbons (Fsp3) is 0.419. The smallest absolute Gasteiger partial charge is 0.162 e. The largest absolute Gasteiger partial charge is 0.317 e. The highest BCUT2D eigenvalue weighted by atomic mass is 32.2. The van der Waals surface area contributed by atoms with Gasteiger partial charge in [0.15, 0.2) is 11.6 Å². The molecule has 0 bridgehead atoms. The number of carbonyl (C=O) groups is 2.